The van der Waals surface area contributed by atoms with Crippen molar-refractivity contribution in [3.05, 3.63) is 41.1 Å². The Morgan fingerprint density at radius 1 is 1.21 bits per heavy atom. The molecule has 19 heavy (non-hydrogen) atoms. The first-order valence-corrected chi connectivity index (χ1v) is 6.72. The number of fused-ring (bicyclic) bond motifs is 1. The Labute approximate surface area is 113 Å². The fourth-order valence-corrected chi connectivity index (χ4v) is 2.51. The lowest BCUT2D eigenvalue weighted by molar-refractivity contribution is -0.108. The Hall–Kier alpha value is -1.90. The highest BCUT2D eigenvalue weighted by atomic mass is 16.1. The summed E-state index contributed by atoms with van der Waals surface area (Å²) >= 11 is 0. The van der Waals surface area contributed by atoms with Crippen molar-refractivity contribution in [1.82, 2.24) is 5.32 Å². The van der Waals surface area contributed by atoms with E-state index in [1.54, 1.807) is 0 Å². The van der Waals surface area contributed by atoms with Gasteiger partial charge in [-0.25, -0.2) is 0 Å². The first-order valence-electron chi connectivity index (χ1n) is 6.72. The minimum absolute atomic E-state index is 0.0674. The number of carbonyl (C=O) groups excluding carboxylic acids is 2. The van der Waals surface area contributed by atoms with E-state index in [0.717, 1.165) is 30.4 Å². The third kappa shape index (κ3) is 2.75. The van der Waals surface area contributed by atoms with Gasteiger partial charge in [0.1, 0.15) is 0 Å². The van der Waals surface area contributed by atoms with E-state index < -0.39 is 0 Å². The van der Waals surface area contributed by atoms with Crippen molar-refractivity contribution >= 4 is 17.8 Å². The first kappa shape index (κ1) is 13.5. The van der Waals surface area contributed by atoms with Crippen LogP contribution < -0.4 is 5.32 Å². The van der Waals surface area contributed by atoms with Crippen molar-refractivity contribution < 1.29 is 9.59 Å². The third-order valence-electron chi connectivity index (χ3n) is 3.44. The Kier molecular flexibility index (Phi) is 4.15. The quantitative estimate of drug-likeness (QED) is 0.796. The number of rotatable bonds is 6. The van der Waals surface area contributed by atoms with Gasteiger partial charge in [-0.2, -0.15) is 0 Å². The van der Waals surface area contributed by atoms with E-state index in [1.165, 1.54) is 0 Å². The highest BCUT2D eigenvalue weighted by Crippen LogP contribution is 2.34. The molecule has 0 heterocycles. The van der Waals surface area contributed by atoms with Gasteiger partial charge in [0.2, 0.25) is 12.2 Å². The number of amides is 1. The zero-order valence-corrected chi connectivity index (χ0v) is 11.4. The maximum Gasteiger partial charge on any atom is 0.211 e. The molecule has 0 fully saturated rings. The lowest BCUT2D eigenvalue weighted by atomic mass is 9.98. The summed E-state index contributed by atoms with van der Waals surface area (Å²) in [5.41, 5.74) is 3.11. The SMILES string of the molecule is CC(C)CCCC1=C(NC=O)C(=O)c2ccccc21. The van der Waals surface area contributed by atoms with Gasteiger partial charge >= 0.3 is 0 Å². The van der Waals surface area contributed by atoms with Crippen LogP contribution in [0.3, 0.4) is 0 Å². The zero-order valence-electron chi connectivity index (χ0n) is 11.4. The number of benzene rings is 1. The molecule has 0 bridgehead atoms. The Bertz CT molecular complexity index is 529. The lowest BCUT2D eigenvalue weighted by Crippen LogP contribution is -2.16. The third-order valence-corrected chi connectivity index (χ3v) is 3.44. The van der Waals surface area contributed by atoms with E-state index in [2.05, 4.69) is 19.2 Å². The van der Waals surface area contributed by atoms with Crippen LogP contribution in [-0.2, 0) is 4.79 Å². The average Bonchev–Trinajstić information content (AvgIpc) is 2.65. The summed E-state index contributed by atoms with van der Waals surface area (Å²) in [6.07, 6.45) is 3.56. The molecule has 0 atom stereocenters. The molecule has 1 aliphatic carbocycles. The fourth-order valence-electron chi connectivity index (χ4n) is 2.51. The van der Waals surface area contributed by atoms with Crippen LogP contribution >= 0.6 is 0 Å². The molecule has 2 rings (SSSR count). The number of hydrogen-bond donors (Lipinski definition) is 1. The monoisotopic (exact) mass is 257 g/mol. The number of allylic oxidation sites excluding steroid dienone is 2. The van der Waals surface area contributed by atoms with E-state index in [4.69, 9.17) is 0 Å². The van der Waals surface area contributed by atoms with Crippen molar-refractivity contribution in [1.29, 1.82) is 0 Å². The summed E-state index contributed by atoms with van der Waals surface area (Å²) in [7, 11) is 0. The number of ketones is 1. The highest BCUT2D eigenvalue weighted by molar-refractivity contribution is 6.21. The van der Waals surface area contributed by atoms with Gasteiger partial charge in [-0.1, -0.05) is 44.5 Å². The summed E-state index contributed by atoms with van der Waals surface area (Å²) in [6, 6.07) is 7.56. The van der Waals surface area contributed by atoms with Gasteiger partial charge < -0.3 is 5.32 Å². The molecule has 3 nitrogen and oxygen atoms in total. The molecule has 1 aromatic rings. The summed E-state index contributed by atoms with van der Waals surface area (Å²) in [4.78, 5) is 22.9. The van der Waals surface area contributed by atoms with Crippen LogP contribution in [0.5, 0.6) is 0 Å². The van der Waals surface area contributed by atoms with Gasteiger partial charge in [-0.3, -0.25) is 9.59 Å². The van der Waals surface area contributed by atoms with Crippen molar-refractivity contribution in [2.24, 2.45) is 5.92 Å². The van der Waals surface area contributed by atoms with Crippen molar-refractivity contribution in [2.75, 3.05) is 0 Å². The molecule has 0 aromatic heterocycles. The van der Waals surface area contributed by atoms with E-state index in [1.807, 2.05) is 24.3 Å². The molecule has 0 aliphatic heterocycles. The lowest BCUT2D eigenvalue weighted by Gasteiger charge is -2.08. The van der Waals surface area contributed by atoms with Gasteiger partial charge in [0, 0.05) is 5.56 Å². The van der Waals surface area contributed by atoms with Crippen molar-refractivity contribution in [2.45, 2.75) is 33.1 Å². The molecule has 0 unspecified atom stereocenters. The maximum absolute atomic E-state index is 12.2. The molecule has 0 spiro atoms. The summed E-state index contributed by atoms with van der Waals surface area (Å²) in [5.74, 6) is 0.581. The topological polar surface area (TPSA) is 46.2 Å². The molecule has 1 aliphatic rings. The molecule has 0 saturated carbocycles. The largest absolute Gasteiger partial charge is 0.325 e. The van der Waals surface area contributed by atoms with E-state index in [9.17, 15) is 9.59 Å². The molecule has 1 amide bonds. The molecule has 100 valence electrons. The van der Waals surface area contributed by atoms with E-state index in [-0.39, 0.29) is 5.78 Å². The van der Waals surface area contributed by atoms with Gasteiger partial charge in [-0.05, 0) is 29.9 Å². The Morgan fingerprint density at radius 3 is 2.53 bits per heavy atom. The minimum atomic E-state index is -0.0674. The summed E-state index contributed by atoms with van der Waals surface area (Å²) in [5, 5.41) is 2.58. The number of hydrogen-bond acceptors (Lipinski definition) is 2. The van der Waals surface area contributed by atoms with Crippen LogP contribution in [0.2, 0.25) is 0 Å². The van der Waals surface area contributed by atoms with Crippen molar-refractivity contribution in [3.63, 3.8) is 0 Å². The molecule has 1 aromatic carbocycles. The van der Waals surface area contributed by atoms with Crippen LogP contribution in [0.25, 0.3) is 5.57 Å². The van der Waals surface area contributed by atoms with Crippen LogP contribution in [0.1, 0.15) is 49.0 Å². The van der Waals surface area contributed by atoms with E-state index in [0.29, 0.717) is 23.6 Å². The van der Waals surface area contributed by atoms with Crippen molar-refractivity contribution in [3.8, 4) is 0 Å². The molecule has 3 heteroatoms. The second kappa shape index (κ2) is 5.83. The average molecular weight is 257 g/mol. The Morgan fingerprint density at radius 2 is 1.89 bits per heavy atom. The minimum Gasteiger partial charge on any atom is -0.325 e. The normalized spacial score (nSPS) is 13.9. The van der Waals surface area contributed by atoms with Crippen LogP contribution in [0.15, 0.2) is 30.0 Å². The number of nitrogens with one attached hydrogen (secondary N) is 1. The zero-order chi connectivity index (χ0) is 13.8. The van der Waals surface area contributed by atoms with E-state index >= 15 is 0 Å². The number of carbonyl (C=O) groups is 2. The maximum atomic E-state index is 12.2. The van der Waals surface area contributed by atoms with Gasteiger partial charge in [0.25, 0.3) is 0 Å². The molecular weight excluding hydrogens is 238 g/mol. The summed E-state index contributed by atoms with van der Waals surface area (Å²) < 4.78 is 0. The second-order valence-corrected chi connectivity index (χ2v) is 5.28. The highest BCUT2D eigenvalue weighted by Gasteiger charge is 2.28. The second-order valence-electron chi connectivity index (χ2n) is 5.28. The molecular formula is C16H19NO2. The predicted molar refractivity (Wildman–Crippen MR) is 75.6 cm³/mol. The van der Waals surface area contributed by atoms with Gasteiger partial charge in [0.15, 0.2) is 0 Å². The molecule has 0 radical (unpaired) electrons. The van der Waals surface area contributed by atoms with Gasteiger partial charge in [-0.15, -0.1) is 0 Å². The fraction of sp³-hybridized carbons (Fsp3) is 0.375. The number of Topliss-reactive ketones (excluding diaryl/α,β-unsaturated/α-hetero) is 1. The van der Waals surface area contributed by atoms with Crippen LogP contribution in [0.4, 0.5) is 0 Å². The summed E-state index contributed by atoms with van der Waals surface area (Å²) in [6.45, 7) is 4.37. The standard InChI is InChI=1S/C16H19NO2/c1-11(2)6-5-9-13-12-7-3-4-8-14(12)16(19)15(13)17-10-18/h3-4,7-8,10-11H,5-6,9H2,1-2H3,(H,17,18,19). The van der Waals surface area contributed by atoms with Crippen LogP contribution in [-0.4, -0.2) is 12.2 Å². The van der Waals surface area contributed by atoms with Gasteiger partial charge in [0.05, 0.1) is 5.70 Å². The molecule has 0 saturated heterocycles. The Balaban J connectivity index is 2.27. The predicted octanol–water partition coefficient (Wildman–Crippen LogP) is 3.17. The van der Waals surface area contributed by atoms with Crippen LogP contribution in [0, 0.1) is 5.92 Å². The molecule has 1 N–H and O–H groups in total. The smallest absolute Gasteiger partial charge is 0.211 e. The first-order chi connectivity index (χ1) is 9.15.